The third kappa shape index (κ3) is 4.32. The van der Waals surface area contributed by atoms with Crippen molar-refractivity contribution in [3.05, 3.63) is 65.5 Å². The van der Waals surface area contributed by atoms with Crippen molar-refractivity contribution in [2.24, 2.45) is 0 Å². The number of rotatable bonds is 6. The van der Waals surface area contributed by atoms with Crippen molar-refractivity contribution in [3.8, 4) is 5.75 Å². The zero-order chi connectivity index (χ0) is 15.9. The van der Waals surface area contributed by atoms with E-state index in [1.165, 1.54) is 24.3 Å². The number of hydrogen-bond acceptors (Lipinski definition) is 2. The summed E-state index contributed by atoms with van der Waals surface area (Å²) in [6, 6.07) is 13.6. The Morgan fingerprint density at radius 2 is 1.86 bits per heavy atom. The Kier molecular flexibility index (Phi) is 5.53. The standard InChI is InChI=1S/C18H20FNO2/c1-3-17(22-16-10-8-15(19)9-11-16)18(21)20-12-14-7-5-4-6-13(14)2/h4-11,17H,3,12H2,1-2H3,(H,20,21). The van der Waals surface area contributed by atoms with Crippen molar-refractivity contribution in [2.45, 2.75) is 32.9 Å². The summed E-state index contributed by atoms with van der Waals surface area (Å²) in [5, 5.41) is 2.88. The molecular weight excluding hydrogens is 281 g/mol. The Morgan fingerprint density at radius 1 is 1.18 bits per heavy atom. The summed E-state index contributed by atoms with van der Waals surface area (Å²) in [4.78, 5) is 12.2. The van der Waals surface area contributed by atoms with E-state index in [2.05, 4.69) is 5.32 Å². The Hall–Kier alpha value is -2.36. The topological polar surface area (TPSA) is 38.3 Å². The van der Waals surface area contributed by atoms with Crippen molar-refractivity contribution in [1.82, 2.24) is 5.32 Å². The van der Waals surface area contributed by atoms with Gasteiger partial charge in [0.1, 0.15) is 11.6 Å². The highest BCUT2D eigenvalue weighted by atomic mass is 19.1. The molecule has 1 N–H and O–H groups in total. The van der Waals surface area contributed by atoms with Gasteiger partial charge in [-0.05, 0) is 48.7 Å². The summed E-state index contributed by atoms with van der Waals surface area (Å²) < 4.78 is 18.5. The maximum atomic E-state index is 12.9. The van der Waals surface area contributed by atoms with Gasteiger partial charge in [0.2, 0.25) is 0 Å². The lowest BCUT2D eigenvalue weighted by Gasteiger charge is -2.17. The van der Waals surface area contributed by atoms with Crippen LogP contribution in [0.15, 0.2) is 48.5 Å². The number of halogens is 1. The Morgan fingerprint density at radius 3 is 2.50 bits per heavy atom. The van der Waals surface area contributed by atoms with E-state index in [0.29, 0.717) is 18.7 Å². The second-order valence-corrected chi connectivity index (χ2v) is 5.11. The van der Waals surface area contributed by atoms with Crippen molar-refractivity contribution >= 4 is 5.91 Å². The number of amides is 1. The molecule has 0 fully saturated rings. The number of carbonyl (C=O) groups excluding carboxylic acids is 1. The average molecular weight is 301 g/mol. The Labute approximate surface area is 130 Å². The SMILES string of the molecule is CCC(Oc1ccc(F)cc1)C(=O)NCc1ccccc1C. The van der Waals surface area contributed by atoms with Crippen LogP contribution >= 0.6 is 0 Å². The molecule has 2 aromatic rings. The zero-order valence-electron chi connectivity index (χ0n) is 12.8. The maximum Gasteiger partial charge on any atom is 0.261 e. The van der Waals surface area contributed by atoms with Crippen LogP contribution in [0.4, 0.5) is 4.39 Å². The van der Waals surface area contributed by atoms with Crippen molar-refractivity contribution in [1.29, 1.82) is 0 Å². The average Bonchev–Trinajstić information content (AvgIpc) is 2.53. The molecule has 0 heterocycles. The van der Waals surface area contributed by atoms with Crippen molar-refractivity contribution in [3.63, 3.8) is 0 Å². The number of hydrogen-bond donors (Lipinski definition) is 1. The molecule has 2 rings (SSSR count). The van der Waals surface area contributed by atoms with Crippen LogP contribution in [0, 0.1) is 12.7 Å². The first-order valence-corrected chi connectivity index (χ1v) is 7.34. The van der Waals surface area contributed by atoms with E-state index in [9.17, 15) is 9.18 Å². The lowest BCUT2D eigenvalue weighted by atomic mass is 10.1. The highest BCUT2D eigenvalue weighted by molar-refractivity contribution is 5.81. The van der Waals surface area contributed by atoms with Crippen molar-refractivity contribution < 1.29 is 13.9 Å². The summed E-state index contributed by atoms with van der Waals surface area (Å²) >= 11 is 0. The number of ether oxygens (including phenoxy) is 1. The number of benzene rings is 2. The molecule has 0 aromatic heterocycles. The molecule has 4 heteroatoms. The van der Waals surface area contributed by atoms with Gasteiger partial charge in [0, 0.05) is 6.54 Å². The quantitative estimate of drug-likeness (QED) is 0.885. The fourth-order valence-corrected chi connectivity index (χ4v) is 2.10. The van der Waals surface area contributed by atoms with E-state index in [1.807, 2.05) is 38.1 Å². The first-order chi connectivity index (χ1) is 10.6. The van der Waals surface area contributed by atoms with E-state index >= 15 is 0 Å². The van der Waals surface area contributed by atoms with Gasteiger partial charge in [-0.3, -0.25) is 4.79 Å². The first-order valence-electron chi connectivity index (χ1n) is 7.34. The lowest BCUT2D eigenvalue weighted by Crippen LogP contribution is -2.37. The molecule has 1 unspecified atom stereocenters. The largest absolute Gasteiger partial charge is 0.481 e. The number of carbonyl (C=O) groups is 1. The Balaban J connectivity index is 1.94. The minimum Gasteiger partial charge on any atom is -0.481 e. The predicted octanol–water partition coefficient (Wildman–Crippen LogP) is 3.61. The molecule has 1 amide bonds. The fourth-order valence-electron chi connectivity index (χ4n) is 2.10. The van der Waals surface area contributed by atoms with Crippen LogP contribution in [0.3, 0.4) is 0 Å². The van der Waals surface area contributed by atoms with Crippen LogP contribution in [0.2, 0.25) is 0 Å². The molecule has 0 aliphatic carbocycles. The second kappa shape index (κ2) is 7.59. The van der Waals surface area contributed by atoms with Gasteiger partial charge in [0.05, 0.1) is 0 Å². The second-order valence-electron chi connectivity index (χ2n) is 5.11. The zero-order valence-corrected chi connectivity index (χ0v) is 12.8. The molecule has 22 heavy (non-hydrogen) atoms. The summed E-state index contributed by atoms with van der Waals surface area (Å²) in [6.07, 6.45) is -0.0498. The monoisotopic (exact) mass is 301 g/mol. The highest BCUT2D eigenvalue weighted by Crippen LogP contribution is 2.14. The Bertz CT molecular complexity index is 625. The first kappa shape index (κ1) is 16.0. The lowest BCUT2D eigenvalue weighted by molar-refractivity contribution is -0.128. The molecule has 0 aliphatic rings. The normalized spacial score (nSPS) is 11.8. The molecule has 0 bridgehead atoms. The summed E-state index contributed by atoms with van der Waals surface area (Å²) in [5.74, 6) is -0.0150. The molecular formula is C18H20FNO2. The van der Waals surface area contributed by atoms with Gasteiger partial charge in [-0.2, -0.15) is 0 Å². The molecule has 1 atom stereocenters. The van der Waals surface area contributed by atoms with Crippen LogP contribution in [-0.4, -0.2) is 12.0 Å². The van der Waals surface area contributed by atoms with Gasteiger partial charge in [-0.15, -0.1) is 0 Å². The van der Waals surface area contributed by atoms with E-state index in [4.69, 9.17) is 4.74 Å². The van der Waals surface area contributed by atoms with Gasteiger partial charge < -0.3 is 10.1 Å². The molecule has 0 saturated heterocycles. The van der Waals surface area contributed by atoms with Crippen LogP contribution < -0.4 is 10.1 Å². The van der Waals surface area contributed by atoms with Gasteiger partial charge >= 0.3 is 0 Å². The van der Waals surface area contributed by atoms with Crippen LogP contribution in [0.1, 0.15) is 24.5 Å². The molecule has 3 nitrogen and oxygen atoms in total. The molecule has 2 aromatic carbocycles. The highest BCUT2D eigenvalue weighted by Gasteiger charge is 2.18. The van der Waals surface area contributed by atoms with Crippen LogP contribution in [-0.2, 0) is 11.3 Å². The van der Waals surface area contributed by atoms with Gasteiger partial charge in [-0.25, -0.2) is 4.39 Å². The molecule has 0 saturated carbocycles. The van der Waals surface area contributed by atoms with Gasteiger partial charge in [-0.1, -0.05) is 31.2 Å². The molecule has 116 valence electrons. The number of aryl methyl sites for hydroxylation is 1. The fraction of sp³-hybridized carbons (Fsp3) is 0.278. The summed E-state index contributed by atoms with van der Waals surface area (Å²) in [5.41, 5.74) is 2.21. The van der Waals surface area contributed by atoms with E-state index in [-0.39, 0.29) is 11.7 Å². The summed E-state index contributed by atoms with van der Waals surface area (Å²) in [6.45, 7) is 4.35. The van der Waals surface area contributed by atoms with E-state index < -0.39 is 6.10 Å². The molecule has 0 spiro atoms. The maximum absolute atomic E-state index is 12.9. The van der Waals surface area contributed by atoms with Crippen LogP contribution in [0.25, 0.3) is 0 Å². The van der Waals surface area contributed by atoms with Gasteiger partial charge in [0.25, 0.3) is 5.91 Å². The minimum absolute atomic E-state index is 0.171. The minimum atomic E-state index is -0.588. The molecule has 0 aliphatic heterocycles. The summed E-state index contributed by atoms with van der Waals surface area (Å²) in [7, 11) is 0. The molecule has 0 radical (unpaired) electrons. The smallest absolute Gasteiger partial charge is 0.261 e. The van der Waals surface area contributed by atoms with Crippen LogP contribution in [0.5, 0.6) is 5.75 Å². The van der Waals surface area contributed by atoms with Gasteiger partial charge in [0.15, 0.2) is 6.10 Å². The van der Waals surface area contributed by atoms with E-state index in [1.54, 1.807) is 0 Å². The van der Waals surface area contributed by atoms with Crippen molar-refractivity contribution in [2.75, 3.05) is 0 Å². The predicted molar refractivity (Wildman–Crippen MR) is 84.1 cm³/mol. The van der Waals surface area contributed by atoms with E-state index in [0.717, 1.165) is 11.1 Å². The number of nitrogens with one attached hydrogen (secondary N) is 1. The third-order valence-electron chi connectivity index (χ3n) is 3.47. The third-order valence-corrected chi connectivity index (χ3v) is 3.47.